The average molecular weight is 324 g/mol. The summed E-state index contributed by atoms with van der Waals surface area (Å²) < 4.78 is 5.34. The fraction of sp³-hybridized carbons (Fsp3) is 0.0526. The molecule has 22 heavy (non-hydrogen) atoms. The number of rotatable bonds is 5. The van der Waals surface area contributed by atoms with Crippen LogP contribution in [0.4, 0.5) is 0 Å². The average Bonchev–Trinajstić information content (AvgIpc) is 2.58. The van der Waals surface area contributed by atoms with Crippen LogP contribution in [0.2, 0.25) is 0 Å². The highest BCUT2D eigenvalue weighted by Gasteiger charge is 2.01. The largest absolute Gasteiger partial charge is 0.483 e. The summed E-state index contributed by atoms with van der Waals surface area (Å²) in [6.45, 7) is 0. The predicted molar refractivity (Wildman–Crippen MR) is 96.9 cm³/mol. The third-order valence-electron chi connectivity index (χ3n) is 3.25. The van der Waals surface area contributed by atoms with Gasteiger partial charge in [0.15, 0.2) is 0 Å². The van der Waals surface area contributed by atoms with Crippen LogP contribution in [0, 0.1) is 0 Å². The van der Waals surface area contributed by atoms with Crippen LogP contribution < -0.4 is 4.74 Å². The standard InChI is InChI=1S/C19H16OS2/c21-14-20-17-10-6-15(7-11-17)16-8-12-19(13-9-16)22-18-4-2-1-3-5-18/h1-13,21H,14H2. The SMILES string of the molecule is SCOc1ccc(-c2ccc(Sc3ccccc3)cc2)cc1. The zero-order chi connectivity index (χ0) is 15.2. The van der Waals surface area contributed by atoms with Crippen LogP contribution in [-0.4, -0.2) is 5.94 Å². The van der Waals surface area contributed by atoms with Crippen LogP contribution >= 0.6 is 24.4 Å². The summed E-state index contributed by atoms with van der Waals surface area (Å²) in [4.78, 5) is 2.49. The minimum absolute atomic E-state index is 0.394. The molecular formula is C19H16OS2. The van der Waals surface area contributed by atoms with Crippen molar-refractivity contribution in [2.75, 3.05) is 5.94 Å². The molecule has 110 valence electrons. The zero-order valence-corrected chi connectivity index (χ0v) is 13.7. The van der Waals surface area contributed by atoms with Crippen LogP contribution in [0.15, 0.2) is 88.7 Å². The monoisotopic (exact) mass is 324 g/mol. The summed E-state index contributed by atoms with van der Waals surface area (Å²) in [5, 5.41) is 0. The topological polar surface area (TPSA) is 9.23 Å². The van der Waals surface area contributed by atoms with E-state index in [1.807, 2.05) is 18.2 Å². The van der Waals surface area contributed by atoms with Gasteiger partial charge in [0.05, 0.1) is 0 Å². The molecule has 0 heterocycles. The van der Waals surface area contributed by atoms with Gasteiger partial charge in [-0.3, -0.25) is 0 Å². The molecule has 0 bridgehead atoms. The quantitative estimate of drug-likeness (QED) is 0.471. The van der Waals surface area contributed by atoms with Crippen molar-refractivity contribution in [1.82, 2.24) is 0 Å². The second-order valence-corrected chi connectivity index (χ2v) is 6.14. The van der Waals surface area contributed by atoms with Crippen molar-refractivity contribution in [3.63, 3.8) is 0 Å². The van der Waals surface area contributed by atoms with Crippen LogP contribution in [0.25, 0.3) is 11.1 Å². The van der Waals surface area contributed by atoms with E-state index in [0.717, 1.165) is 5.75 Å². The maximum Gasteiger partial charge on any atom is 0.131 e. The first-order chi connectivity index (χ1) is 10.8. The molecular weight excluding hydrogens is 308 g/mol. The second kappa shape index (κ2) is 7.43. The molecule has 0 fully saturated rings. The van der Waals surface area contributed by atoms with E-state index in [-0.39, 0.29) is 0 Å². The Labute approximate surface area is 140 Å². The molecule has 0 saturated heterocycles. The smallest absolute Gasteiger partial charge is 0.131 e. The molecule has 0 N–H and O–H groups in total. The molecule has 0 aromatic heterocycles. The molecule has 3 heteroatoms. The van der Waals surface area contributed by atoms with Gasteiger partial charge < -0.3 is 4.74 Å². The van der Waals surface area contributed by atoms with Gasteiger partial charge in [-0.2, -0.15) is 0 Å². The Morgan fingerprint density at radius 3 is 1.82 bits per heavy atom. The van der Waals surface area contributed by atoms with Gasteiger partial charge in [-0.25, -0.2) is 0 Å². The fourth-order valence-electron chi connectivity index (χ4n) is 2.16. The lowest BCUT2D eigenvalue weighted by Gasteiger charge is -2.06. The first-order valence-electron chi connectivity index (χ1n) is 7.02. The van der Waals surface area contributed by atoms with Gasteiger partial charge in [-0.15, -0.1) is 12.6 Å². The highest BCUT2D eigenvalue weighted by Crippen LogP contribution is 2.30. The molecule has 0 amide bonds. The third kappa shape index (κ3) is 3.87. The summed E-state index contributed by atoms with van der Waals surface area (Å²) in [6.07, 6.45) is 0. The van der Waals surface area contributed by atoms with E-state index >= 15 is 0 Å². The van der Waals surface area contributed by atoms with Gasteiger partial charge in [0, 0.05) is 9.79 Å². The summed E-state index contributed by atoms with van der Waals surface area (Å²) in [6, 6.07) is 27.1. The third-order valence-corrected chi connectivity index (χ3v) is 4.40. The van der Waals surface area contributed by atoms with E-state index in [0.29, 0.717) is 5.94 Å². The van der Waals surface area contributed by atoms with Gasteiger partial charge in [0.1, 0.15) is 11.7 Å². The lowest BCUT2D eigenvalue weighted by atomic mass is 10.1. The molecule has 0 aliphatic carbocycles. The molecule has 0 aliphatic rings. The first-order valence-corrected chi connectivity index (χ1v) is 8.47. The summed E-state index contributed by atoms with van der Waals surface area (Å²) in [5.41, 5.74) is 2.39. The first kappa shape index (κ1) is 15.1. The Bertz CT molecular complexity index is 707. The zero-order valence-electron chi connectivity index (χ0n) is 12.0. The summed E-state index contributed by atoms with van der Waals surface area (Å²) >= 11 is 5.83. The second-order valence-electron chi connectivity index (χ2n) is 4.74. The minimum Gasteiger partial charge on any atom is -0.483 e. The molecule has 1 nitrogen and oxygen atoms in total. The Balaban J connectivity index is 1.73. The highest BCUT2D eigenvalue weighted by atomic mass is 32.2. The minimum atomic E-state index is 0.394. The molecule has 0 atom stereocenters. The number of benzene rings is 3. The van der Waals surface area contributed by atoms with Crippen molar-refractivity contribution in [3.8, 4) is 16.9 Å². The summed E-state index contributed by atoms with van der Waals surface area (Å²) in [5.74, 6) is 1.24. The molecule has 3 aromatic rings. The van der Waals surface area contributed by atoms with E-state index in [9.17, 15) is 0 Å². The van der Waals surface area contributed by atoms with E-state index in [4.69, 9.17) is 4.74 Å². The van der Waals surface area contributed by atoms with Gasteiger partial charge >= 0.3 is 0 Å². The Hall–Kier alpha value is -1.84. The van der Waals surface area contributed by atoms with Crippen molar-refractivity contribution in [2.45, 2.75) is 9.79 Å². The molecule has 0 aliphatic heterocycles. The van der Waals surface area contributed by atoms with Crippen molar-refractivity contribution < 1.29 is 4.74 Å². The van der Waals surface area contributed by atoms with Gasteiger partial charge in [-0.1, -0.05) is 54.2 Å². The molecule has 0 saturated carbocycles. The van der Waals surface area contributed by atoms with Gasteiger partial charge in [0.2, 0.25) is 0 Å². The molecule has 0 radical (unpaired) electrons. The summed E-state index contributed by atoms with van der Waals surface area (Å²) in [7, 11) is 0. The van der Waals surface area contributed by atoms with Gasteiger partial charge in [-0.05, 0) is 47.5 Å². The normalized spacial score (nSPS) is 10.4. The Morgan fingerprint density at radius 1 is 0.682 bits per heavy atom. The van der Waals surface area contributed by atoms with Crippen molar-refractivity contribution in [2.24, 2.45) is 0 Å². The van der Waals surface area contributed by atoms with E-state index in [1.165, 1.54) is 20.9 Å². The Kier molecular flexibility index (Phi) is 5.09. The number of thiol groups is 1. The number of hydrogen-bond donors (Lipinski definition) is 1. The maximum atomic E-state index is 5.34. The van der Waals surface area contributed by atoms with Crippen LogP contribution in [0.5, 0.6) is 5.75 Å². The van der Waals surface area contributed by atoms with Crippen molar-refractivity contribution in [1.29, 1.82) is 0 Å². The van der Waals surface area contributed by atoms with E-state index in [2.05, 4.69) is 73.3 Å². The lowest BCUT2D eigenvalue weighted by Crippen LogP contribution is -1.88. The van der Waals surface area contributed by atoms with Crippen LogP contribution in [0.1, 0.15) is 0 Å². The van der Waals surface area contributed by atoms with E-state index < -0.39 is 0 Å². The predicted octanol–water partition coefficient (Wildman–Crippen LogP) is 5.77. The maximum absolute atomic E-state index is 5.34. The number of ether oxygens (including phenoxy) is 1. The van der Waals surface area contributed by atoms with Crippen LogP contribution in [0.3, 0.4) is 0 Å². The Morgan fingerprint density at radius 2 is 1.23 bits per heavy atom. The molecule has 3 rings (SSSR count). The lowest BCUT2D eigenvalue weighted by molar-refractivity contribution is 0.395. The highest BCUT2D eigenvalue weighted by molar-refractivity contribution is 7.99. The molecule has 3 aromatic carbocycles. The van der Waals surface area contributed by atoms with Gasteiger partial charge in [0.25, 0.3) is 0 Å². The van der Waals surface area contributed by atoms with Crippen molar-refractivity contribution >= 4 is 24.4 Å². The van der Waals surface area contributed by atoms with Crippen molar-refractivity contribution in [3.05, 3.63) is 78.9 Å². The fourth-order valence-corrected chi connectivity index (χ4v) is 3.14. The van der Waals surface area contributed by atoms with E-state index in [1.54, 1.807) is 11.8 Å². The number of hydrogen-bond acceptors (Lipinski definition) is 3. The van der Waals surface area contributed by atoms with Crippen LogP contribution in [-0.2, 0) is 0 Å². The molecule has 0 unspecified atom stereocenters. The molecule has 0 spiro atoms.